The topological polar surface area (TPSA) is 90.5 Å². The molecule has 130 heavy (non-hydrogen) atoms. The molecule has 18 aromatic carbocycles. The van der Waals surface area contributed by atoms with E-state index in [4.69, 9.17) is 34.3 Å². The first-order chi connectivity index (χ1) is 64.4. The molecular weight excluding hydrogens is 1640 g/mol. The van der Waals surface area contributed by atoms with Crippen molar-refractivity contribution in [2.75, 3.05) is 0 Å². The van der Waals surface area contributed by atoms with Gasteiger partial charge in [-0.2, -0.15) is 0 Å². The van der Waals surface area contributed by atoms with Crippen molar-refractivity contribution in [2.45, 2.75) is 30.4 Å². The van der Waals surface area contributed by atoms with Gasteiger partial charge in [-0.05, 0) is 186 Å². The summed E-state index contributed by atoms with van der Waals surface area (Å²) in [6.45, 7) is 0. The Labute approximate surface area is 759 Å². The Morgan fingerprint density at radius 3 is 1.25 bits per heavy atom. The first-order valence-electron chi connectivity index (χ1n) is 44.1. The van der Waals surface area contributed by atoms with E-state index < -0.39 is 10.8 Å². The van der Waals surface area contributed by atoms with E-state index >= 15 is 0 Å². The van der Waals surface area contributed by atoms with E-state index in [0.717, 1.165) is 155 Å². The van der Waals surface area contributed by atoms with Crippen LogP contribution in [0.3, 0.4) is 0 Å². The lowest BCUT2D eigenvalue weighted by Crippen LogP contribution is -2.32. The summed E-state index contributed by atoms with van der Waals surface area (Å²) in [6, 6.07) is 151. The highest BCUT2D eigenvalue weighted by Gasteiger charge is 2.53. The van der Waals surface area contributed by atoms with Crippen LogP contribution >= 0.6 is 34.9 Å². The molecule has 0 radical (unpaired) electrons. The van der Waals surface area contributed by atoms with E-state index in [0.29, 0.717) is 11.6 Å². The Morgan fingerprint density at radius 1 is 0.208 bits per heavy atom. The van der Waals surface area contributed by atoms with Crippen molar-refractivity contribution >= 4 is 120 Å². The molecule has 8 heterocycles. The standard InChI is InChI=1S/C120H68N6OS3/c1-4-28-69(29-5-1)114-90-65-111-98(119(96-47-20-24-52-109(96)128-111)92-44-17-12-35-76(92)77-36-13-18-45-93(77)119)63-85(90)89-62-74(56-59-101(89)122-114)103-68-105(83-43-26-41-80-79-38-16-23-51-108(79)130-116(80)83)126-118(124-103)81-39-11-10-34-75(81)72-54-57-95-87(60-72)78-37-14-19-46-94(78)120(95)97-48-21-25-53-110(97)129-112-66-91-86(64-99(112)120)88-61-73(55-58-100(88)121-115(91)70-30-6-2-7-31-70)102-67-104(125-117(123-102)71-32-8-3-9-33-71)82-42-27-50-107-113(82)84-40-15-22-49-106(84)127-107/h1-68H. The lowest BCUT2D eigenvalue weighted by molar-refractivity contribution is 0.669. The number of thiophene rings is 1. The number of nitrogens with zero attached hydrogens (tertiary/aromatic N) is 6. The lowest BCUT2D eigenvalue weighted by atomic mass is 9.67. The van der Waals surface area contributed by atoms with Crippen molar-refractivity contribution in [3.8, 4) is 124 Å². The molecule has 4 aliphatic rings. The van der Waals surface area contributed by atoms with E-state index in [9.17, 15) is 0 Å². The van der Waals surface area contributed by atoms with Crippen LogP contribution in [0.4, 0.5) is 0 Å². The highest BCUT2D eigenvalue weighted by atomic mass is 32.2. The number of rotatable bonds is 9. The van der Waals surface area contributed by atoms with Gasteiger partial charge >= 0.3 is 0 Å². The van der Waals surface area contributed by atoms with Gasteiger partial charge in [0.2, 0.25) is 0 Å². The SMILES string of the molecule is c1ccc(-c2nc(-c3ccc4nc(-c5ccccc5)c5cc6c(cc5c4c3)C3(c4ccccc4S6)c4ccccc4-c4cc(-c5ccccc5-c5nc(-c6ccc7nc(-c8ccccc8)c8cc9c(cc8c7c6)C6(c7ccccc7S9)c7ccccc7-c7ccccc76)cc(-c6cccc7c6sc6ccccc67)n5)ccc43)cc(-c3cccc4oc5ccccc5c34)n2)cc1. The number of para-hydroxylation sites is 1. The summed E-state index contributed by atoms with van der Waals surface area (Å²) in [4.78, 5) is 38.9. The zero-order chi connectivity index (χ0) is 85.0. The fourth-order valence-electron chi connectivity index (χ4n) is 22.0. The molecule has 28 rings (SSSR count). The zero-order valence-electron chi connectivity index (χ0n) is 69.6. The van der Waals surface area contributed by atoms with Crippen LogP contribution < -0.4 is 0 Å². The van der Waals surface area contributed by atoms with Gasteiger partial charge in [0.15, 0.2) is 11.6 Å². The average molecular weight is 1710 g/mol. The Morgan fingerprint density at radius 2 is 0.638 bits per heavy atom. The van der Waals surface area contributed by atoms with Crippen LogP contribution in [0.25, 0.3) is 209 Å². The van der Waals surface area contributed by atoms with E-state index in [2.05, 4.69) is 388 Å². The van der Waals surface area contributed by atoms with Gasteiger partial charge in [0.25, 0.3) is 0 Å². The van der Waals surface area contributed by atoms with Gasteiger partial charge in [0.1, 0.15) is 11.2 Å². The van der Waals surface area contributed by atoms with Crippen LogP contribution in [0.2, 0.25) is 0 Å². The molecule has 1 unspecified atom stereocenters. The second-order valence-corrected chi connectivity index (χ2v) is 37.6. The number of benzene rings is 18. The third kappa shape index (κ3) is 10.7. The molecule has 0 saturated carbocycles. The molecular formula is C120H68N6OS3. The molecule has 0 amide bonds. The first kappa shape index (κ1) is 73.4. The van der Waals surface area contributed by atoms with Gasteiger partial charge in [0.05, 0.1) is 56.0 Å². The number of furan rings is 1. The van der Waals surface area contributed by atoms with Gasteiger partial charge in [0, 0.05) is 117 Å². The van der Waals surface area contributed by atoms with Crippen LogP contribution in [-0.4, -0.2) is 29.9 Å². The molecule has 2 spiro atoms. The number of fused-ring (bicyclic) bond motifs is 30. The largest absolute Gasteiger partial charge is 0.456 e. The van der Waals surface area contributed by atoms with Crippen molar-refractivity contribution in [2.24, 2.45) is 0 Å². The highest BCUT2D eigenvalue weighted by molar-refractivity contribution is 7.99. The third-order valence-corrected chi connectivity index (χ3v) is 31.1. The Hall–Kier alpha value is -15.8. The summed E-state index contributed by atoms with van der Waals surface area (Å²) in [6.07, 6.45) is 0. The third-order valence-electron chi connectivity index (χ3n) is 27.6. The molecule has 6 aromatic heterocycles. The highest BCUT2D eigenvalue weighted by Crippen LogP contribution is 2.66. The number of pyridine rings is 2. The van der Waals surface area contributed by atoms with E-state index in [1.54, 1.807) is 0 Å². The molecule has 0 bridgehead atoms. The normalized spacial score (nSPS) is 14.2. The van der Waals surface area contributed by atoms with Crippen molar-refractivity contribution in [3.05, 3.63) is 457 Å². The molecule has 10 heteroatoms. The molecule has 24 aromatic rings. The van der Waals surface area contributed by atoms with Crippen molar-refractivity contribution < 1.29 is 4.42 Å². The van der Waals surface area contributed by atoms with Gasteiger partial charge in [-0.1, -0.05) is 339 Å². The fourth-order valence-corrected chi connectivity index (χ4v) is 25.7. The quantitative estimate of drug-likeness (QED) is 0.131. The maximum absolute atomic E-state index is 6.50. The summed E-state index contributed by atoms with van der Waals surface area (Å²) in [5, 5.41) is 11.0. The molecule has 2 aliphatic heterocycles. The number of hydrogen-bond donors (Lipinski definition) is 0. The summed E-state index contributed by atoms with van der Waals surface area (Å²) in [7, 11) is 0. The van der Waals surface area contributed by atoms with Crippen molar-refractivity contribution in [3.63, 3.8) is 0 Å². The summed E-state index contributed by atoms with van der Waals surface area (Å²) >= 11 is 5.54. The average Bonchev–Trinajstić information content (AvgIpc) is 1.44. The lowest BCUT2D eigenvalue weighted by Gasteiger charge is -2.40. The van der Waals surface area contributed by atoms with Gasteiger partial charge in [-0.15, -0.1) is 11.3 Å². The zero-order valence-corrected chi connectivity index (χ0v) is 72.0. The Kier molecular flexibility index (Phi) is 16.0. The maximum Gasteiger partial charge on any atom is 0.161 e. The first-order valence-corrected chi connectivity index (χ1v) is 46.5. The van der Waals surface area contributed by atoms with Crippen LogP contribution in [0.1, 0.15) is 44.5 Å². The molecule has 7 nitrogen and oxygen atoms in total. The predicted molar refractivity (Wildman–Crippen MR) is 535 cm³/mol. The minimum Gasteiger partial charge on any atom is -0.456 e. The summed E-state index contributed by atoms with van der Waals surface area (Å²) in [5.41, 5.74) is 32.2. The second-order valence-electron chi connectivity index (χ2n) is 34.4. The minimum atomic E-state index is -0.762. The fraction of sp³-hybridized carbons (Fsp3) is 0.0167. The van der Waals surface area contributed by atoms with Crippen LogP contribution in [0, 0.1) is 0 Å². The van der Waals surface area contributed by atoms with Crippen LogP contribution in [-0.2, 0) is 10.8 Å². The Bertz CT molecular complexity index is 8990. The molecule has 1 atom stereocenters. The number of aromatic nitrogens is 6. The number of hydrogen-bond acceptors (Lipinski definition) is 10. The summed E-state index contributed by atoms with van der Waals surface area (Å²) in [5.74, 6) is 1.26. The molecule has 0 N–H and O–H groups in total. The van der Waals surface area contributed by atoms with Gasteiger partial charge in [-0.3, -0.25) is 0 Å². The summed E-state index contributed by atoms with van der Waals surface area (Å²) < 4.78 is 8.91. The smallest absolute Gasteiger partial charge is 0.161 e. The van der Waals surface area contributed by atoms with Crippen molar-refractivity contribution in [1.29, 1.82) is 0 Å². The van der Waals surface area contributed by atoms with Crippen LogP contribution in [0.5, 0.6) is 0 Å². The maximum atomic E-state index is 6.50. The molecule has 0 saturated heterocycles. The van der Waals surface area contributed by atoms with Gasteiger partial charge in [-0.25, -0.2) is 29.9 Å². The Balaban J connectivity index is 0.634. The predicted octanol–water partition coefficient (Wildman–Crippen LogP) is 31.6. The monoisotopic (exact) mass is 1700 g/mol. The van der Waals surface area contributed by atoms with E-state index in [-0.39, 0.29) is 0 Å². The van der Waals surface area contributed by atoms with Gasteiger partial charge < -0.3 is 4.42 Å². The van der Waals surface area contributed by atoms with Crippen LogP contribution in [0.15, 0.2) is 437 Å². The molecule has 0 fully saturated rings. The molecule has 2 aliphatic carbocycles. The minimum absolute atomic E-state index is 0.591. The van der Waals surface area contributed by atoms with E-state index in [1.165, 1.54) is 107 Å². The van der Waals surface area contributed by atoms with E-state index in [1.807, 2.05) is 59.1 Å². The second kappa shape index (κ2) is 28.3. The molecule has 602 valence electrons. The van der Waals surface area contributed by atoms with Crippen molar-refractivity contribution in [1.82, 2.24) is 29.9 Å².